The zero-order valence-corrected chi connectivity index (χ0v) is 21.5. The Kier molecular flexibility index (Phi) is 8.89. The summed E-state index contributed by atoms with van der Waals surface area (Å²) >= 11 is 0. The number of fused-ring (bicyclic) bond motifs is 1. The van der Waals surface area contributed by atoms with Crippen LogP contribution in [0.5, 0.6) is 5.75 Å². The van der Waals surface area contributed by atoms with Gasteiger partial charge in [-0.25, -0.2) is 4.79 Å². The first-order valence-corrected chi connectivity index (χ1v) is 12.6. The Hall–Kier alpha value is -4.43. The number of carbonyl (C=O) groups is 2. The standard InChI is InChI=1S/C30H32N4O4/c1-3-28(30(36)37)38-24-13-11-21(12-14-24)19-31-15-16-32-29(35)22-7-6-8-23(18-22)34-27-17-20(2)33-26-10-5-4-9-25(26)27/h4-14,17-18,28,31H,3,15-16,19H2,1-2H3,(H,32,35)(H,33,34)(H,36,37). The number of hydrogen-bond acceptors (Lipinski definition) is 6. The first kappa shape index (κ1) is 26.6. The molecule has 3 aromatic carbocycles. The summed E-state index contributed by atoms with van der Waals surface area (Å²) in [7, 11) is 0. The largest absolute Gasteiger partial charge is 0.479 e. The third kappa shape index (κ3) is 7.08. The molecule has 0 saturated heterocycles. The fourth-order valence-corrected chi connectivity index (χ4v) is 4.06. The van der Waals surface area contributed by atoms with E-state index in [0.717, 1.165) is 33.5 Å². The van der Waals surface area contributed by atoms with Gasteiger partial charge in [-0.1, -0.05) is 43.3 Å². The summed E-state index contributed by atoms with van der Waals surface area (Å²) in [6, 6.07) is 24.7. The number of hydrogen-bond donors (Lipinski definition) is 4. The average Bonchev–Trinajstić information content (AvgIpc) is 2.92. The maximum absolute atomic E-state index is 12.7. The van der Waals surface area contributed by atoms with E-state index in [2.05, 4.69) is 20.9 Å². The number of pyridine rings is 1. The predicted octanol–water partition coefficient (Wildman–Crippen LogP) is 5.05. The predicted molar refractivity (Wildman–Crippen MR) is 149 cm³/mol. The smallest absolute Gasteiger partial charge is 0.344 e. The number of aryl methyl sites for hydroxylation is 1. The minimum absolute atomic E-state index is 0.142. The Bertz CT molecular complexity index is 1410. The van der Waals surface area contributed by atoms with Gasteiger partial charge in [0.2, 0.25) is 0 Å². The van der Waals surface area contributed by atoms with Gasteiger partial charge in [-0.3, -0.25) is 9.78 Å². The molecule has 196 valence electrons. The van der Waals surface area contributed by atoms with Gasteiger partial charge >= 0.3 is 5.97 Å². The molecule has 0 saturated carbocycles. The molecule has 0 radical (unpaired) electrons. The summed E-state index contributed by atoms with van der Waals surface area (Å²) in [6.45, 7) is 5.42. The van der Waals surface area contributed by atoms with Crippen LogP contribution in [-0.2, 0) is 11.3 Å². The molecule has 0 spiro atoms. The number of para-hydroxylation sites is 1. The maximum Gasteiger partial charge on any atom is 0.344 e. The van der Waals surface area contributed by atoms with E-state index in [1.54, 1.807) is 25.1 Å². The summed E-state index contributed by atoms with van der Waals surface area (Å²) in [5, 5.41) is 19.8. The molecule has 38 heavy (non-hydrogen) atoms. The lowest BCUT2D eigenvalue weighted by atomic mass is 10.1. The third-order valence-electron chi connectivity index (χ3n) is 6.01. The van der Waals surface area contributed by atoms with Gasteiger partial charge in [0, 0.05) is 47.7 Å². The highest BCUT2D eigenvalue weighted by Gasteiger charge is 2.16. The van der Waals surface area contributed by atoms with Crippen LogP contribution in [0.1, 0.15) is 35.0 Å². The van der Waals surface area contributed by atoms with Crippen LogP contribution >= 0.6 is 0 Å². The molecule has 4 N–H and O–H groups in total. The summed E-state index contributed by atoms with van der Waals surface area (Å²) in [5.41, 5.74) is 5.22. The second kappa shape index (κ2) is 12.7. The lowest BCUT2D eigenvalue weighted by Crippen LogP contribution is -2.31. The van der Waals surface area contributed by atoms with Gasteiger partial charge in [-0.05, 0) is 61.4 Å². The van der Waals surface area contributed by atoms with Crippen molar-refractivity contribution in [2.24, 2.45) is 0 Å². The molecule has 4 rings (SSSR count). The fourth-order valence-electron chi connectivity index (χ4n) is 4.06. The second-order valence-corrected chi connectivity index (χ2v) is 8.96. The van der Waals surface area contributed by atoms with E-state index < -0.39 is 12.1 Å². The van der Waals surface area contributed by atoms with Gasteiger partial charge in [-0.2, -0.15) is 0 Å². The summed E-state index contributed by atoms with van der Waals surface area (Å²) in [4.78, 5) is 28.4. The summed E-state index contributed by atoms with van der Waals surface area (Å²) in [5.74, 6) is -0.586. The average molecular weight is 513 g/mol. The monoisotopic (exact) mass is 512 g/mol. The molecule has 0 aliphatic carbocycles. The van der Waals surface area contributed by atoms with Crippen molar-refractivity contribution in [2.75, 3.05) is 18.4 Å². The minimum atomic E-state index is -0.972. The van der Waals surface area contributed by atoms with Crippen molar-refractivity contribution in [1.29, 1.82) is 0 Å². The van der Waals surface area contributed by atoms with E-state index in [1.807, 2.05) is 67.6 Å². The zero-order valence-electron chi connectivity index (χ0n) is 21.5. The summed E-state index contributed by atoms with van der Waals surface area (Å²) < 4.78 is 5.48. The van der Waals surface area contributed by atoms with Crippen LogP contribution in [0.25, 0.3) is 10.9 Å². The lowest BCUT2D eigenvalue weighted by molar-refractivity contribution is -0.145. The molecule has 0 bridgehead atoms. The van der Waals surface area contributed by atoms with E-state index in [4.69, 9.17) is 9.84 Å². The molecule has 8 nitrogen and oxygen atoms in total. The van der Waals surface area contributed by atoms with Crippen molar-refractivity contribution in [3.63, 3.8) is 0 Å². The van der Waals surface area contributed by atoms with Crippen LogP contribution in [0.3, 0.4) is 0 Å². The Morgan fingerprint density at radius 1 is 0.974 bits per heavy atom. The number of ether oxygens (including phenoxy) is 1. The SMILES string of the molecule is CCC(Oc1ccc(CNCCNC(=O)c2cccc(Nc3cc(C)nc4ccccc34)c2)cc1)C(=O)O. The molecule has 8 heteroatoms. The van der Waals surface area contributed by atoms with Crippen molar-refractivity contribution in [3.05, 3.63) is 95.7 Å². The van der Waals surface area contributed by atoms with Crippen LogP contribution in [0, 0.1) is 6.92 Å². The molecule has 1 atom stereocenters. The van der Waals surface area contributed by atoms with Gasteiger partial charge < -0.3 is 25.8 Å². The zero-order chi connectivity index (χ0) is 26.9. The number of anilines is 2. The second-order valence-electron chi connectivity index (χ2n) is 8.96. The number of aromatic nitrogens is 1. The van der Waals surface area contributed by atoms with E-state index in [-0.39, 0.29) is 5.91 Å². The Morgan fingerprint density at radius 2 is 1.76 bits per heavy atom. The maximum atomic E-state index is 12.7. The van der Waals surface area contributed by atoms with Crippen LogP contribution in [-0.4, -0.2) is 41.2 Å². The van der Waals surface area contributed by atoms with Crippen LogP contribution in [0.15, 0.2) is 78.9 Å². The van der Waals surface area contributed by atoms with E-state index in [1.165, 1.54) is 0 Å². The van der Waals surface area contributed by atoms with Crippen LogP contribution < -0.4 is 20.7 Å². The fraction of sp³-hybridized carbons (Fsp3) is 0.233. The van der Waals surface area contributed by atoms with Crippen molar-refractivity contribution < 1.29 is 19.4 Å². The van der Waals surface area contributed by atoms with Gasteiger partial charge in [0.05, 0.1) is 5.52 Å². The number of carbonyl (C=O) groups excluding carboxylic acids is 1. The number of carboxylic acid groups (broad SMARTS) is 1. The third-order valence-corrected chi connectivity index (χ3v) is 6.01. The number of aliphatic carboxylic acids is 1. The number of carboxylic acids is 1. The van der Waals surface area contributed by atoms with Crippen molar-refractivity contribution in [1.82, 2.24) is 15.6 Å². The van der Waals surface area contributed by atoms with E-state index >= 15 is 0 Å². The van der Waals surface area contributed by atoms with Gasteiger partial charge in [0.15, 0.2) is 6.10 Å². The first-order chi connectivity index (χ1) is 18.4. The van der Waals surface area contributed by atoms with Gasteiger partial charge in [0.1, 0.15) is 5.75 Å². The molecule has 1 unspecified atom stereocenters. The lowest BCUT2D eigenvalue weighted by Gasteiger charge is -2.13. The molecule has 1 heterocycles. The van der Waals surface area contributed by atoms with Gasteiger partial charge in [0.25, 0.3) is 5.91 Å². The summed E-state index contributed by atoms with van der Waals surface area (Å²) in [6.07, 6.45) is -0.453. The number of nitrogens with zero attached hydrogens (tertiary/aromatic N) is 1. The highest BCUT2D eigenvalue weighted by Crippen LogP contribution is 2.26. The quantitative estimate of drug-likeness (QED) is 0.197. The molecule has 0 fully saturated rings. The highest BCUT2D eigenvalue weighted by molar-refractivity contribution is 5.96. The van der Waals surface area contributed by atoms with Crippen LogP contribution in [0.4, 0.5) is 11.4 Å². The number of amides is 1. The Labute approximate surface area is 222 Å². The number of benzene rings is 3. The van der Waals surface area contributed by atoms with Gasteiger partial charge in [-0.15, -0.1) is 0 Å². The van der Waals surface area contributed by atoms with Crippen LogP contribution in [0.2, 0.25) is 0 Å². The van der Waals surface area contributed by atoms with E-state index in [9.17, 15) is 9.59 Å². The topological polar surface area (TPSA) is 113 Å². The molecule has 0 aliphatic rings. The Morgan fingerprint density at radius 3 is 2.53 bits per heavy atom. The number of nitrogens with one attached hydrogen (secondary N) is 3. The molecular formula is C30H32N4O4. The normalized spacial score (nSPS) is 11.6. The molecule has 0 aliphatic heterocycles. The molecular weight excluding hydrogens is 480 g/mol. The molecule has 4 aromatic rings. The van der Waals surface area contributed by atoms with E-state index in [0.29, 0.717) is 37.4 Å². The van der Waals surface area contributed by atoms with Crippen molar-refractivity contribution >= 4 is 34.2 Å². The highest BCUT2D eigenvalue weighted by atomic mass is 16.5. The Balaban J connectivity index is 1.25. The molecule has 1 amide bonds. The minimum Gasteiger partial charge on any atom is -0.479 e. The van der Waals surface area contributed by atoms with Crippen molar-refractivity contribution in [2.45, 2.75) is 32.9 Å². The first-order valence-electron chi connectivity index (χ1n) is 12.6. The number of rotatable bonds is 12. The molecule has 1 aromatic heterocycles. The van der Waals surface area contributed by atoms with Crippen molar-refractivity contribution in [3.8, 4) is 5.75 Å².